The zero-order valence-electron chi connectivity index (χ0n) is 14.5. The summed E-state index contributed by atoms with van der Waals surface area (Å²) in [7, 11) is -0.685. The summed E-state index contributed by atoms with van der Waals surface area (Å²) in [6, 6.07) is 10.4. The molecule has 0 heterocycles. The molecule has 2 aromatic rings. The Morgan fingerprint density at radius 1 is 1.08 bits per heavy atom. The molecule has 2 aromatic carbocycles. The van der Waals surface area contributed by atoms with E-state index in [2.05, 4.69) is 10.6 Å². The molecule has 2 rings (SSSR count). The van der Waals surface area contributed by atoms with Crippen LogP contribution >= 0.6 is 23.2 Å². The average Bonchev–Trinajstić information content (AvgIpc) is 2.57. The standard InChI is InChI=1S/C17H19Cl2N3O3S/c1-11(12-7-8-15(18)16(19)9-12)20-17(23)21-13-5-4-6-14(10-13)26(24,25)22(2)3/h4-11H,1-3H3,(H2,20,21,23). The highest BCUT2D eigenvalue weighted by atomic mass is 35.5. The van der Waals surface area contributed by atoms with Gasteiger partial charge in [-0.15, -0.1) is 0 Å². The average molecular weight is 416 g/mol. The van der Waals surface area contributed by atoms with Crippen molar-refractivity contribution in [3.05, 3.63) is 58.1 Å². The van der Waals surface area contributed by atoms with Crippen LogP contribution in [-0.4, -0.2) is 32.8 Å². The van der Waals surface area contributed by atoms with E-state index in [1.807, 2.05) is 0 Å². The highest BCUT2D eigenvalue weighted by molar-refractivity contribution is 7.89. The fourth-order valence-electron chi connectivity index (χ4n) is 2.17. The predicted molar refractivity (Wildman–Crippen MR) is 104 cm³/mol. The van der Waals surface area contributed by atoms with E-state index in [4.69, 9.17) is 23.2 Å². The van der Waals surface area contributed by atoms with Crippen LogP contribution in [0.15, 0.2) is 47.4 Å². The molecule has 1 unspecified atom stereocenters. The van der Waals surface area contributed by atoms with Gasteiger partial charge in [0, 0.05) is 19.8 Å². The first-order valence-corrected chi connectivity index (χ1v) is 9.86. The first-order valence-electron chi connectivity index (χ1n) is 7.66. The van der Waals surface area contributed by atoms with Gasteiger partial charge in [0.25, 0.3) is 0 Å². The lowest BCUT2D eigenvalue weighted by atomic mass is 10.1. The second-order valence-corrected chi connectivity index (χ2v) is 8.78. The molecule has 2 N–H and O–H groups in total. The zero-order valence-corrected chi connectivity index (χ0v) is 16.8. The van der Waals surface area contributed by atoms with Gasteiger partial charge in [-0.1, -0.05) is 35.3 Å². The van der Waals surface area contributed by atoms with E-state index >= 15 is 0 Å². The normalized spacial score (nSPS) is 12.7. The number of nitrogens with one attached hydrogen (secondary N) is 2. The zero-order chi connectivity index (χ0) is 19.5. The van der Waals surface area contributed by atoms with E-state index < -0.39 is 16.1 Å². The molecular formula is C17H19Cl2N3O3S. The summed E-state index contributed by atoms with van der Waals surface area (Å²) < 4.78 is 25.4. The summed E-state index contributed by atoms with van der Waals surface area (Å²) in [6.07, 6.45) is 0. The van der Waals surface area contributed by atoms with Gasteiger partial charge < -0.3 is 10.6 Å². The monoisotopic (exact) mass is 415 g/mol. The maximum absolute atomic E-state index is 12.2. The fourth-order valence-corrected chi connectivity index (χ4v) is 3.43. The van der Waals surface area contributed by atoms with Crippen molar-refractivity contribution >= 4 is 44.9 Å². The largest absolute Gasteiger partial charge is 0.331 e. The molecule has 6 nitrogen and oxygen atoms in total. The maximum Gasteiger partial charge on any atom is 0.319 e. The van der Waals surface area contributed by atoms with Gasteiger partial charge in [0.15, 0.2) is 0 Å². The second-order valence-electron chi connectivity index (χ2n) is 5.81. The number of amides is 2. The number of halogens is 2. The van der Waals surface area contributed by atoms with E-state index in [9.17, 15) is 13.2 Å². The van der Waals surface area contributed by atoms with Crippen LogP contribution in [0.1, 0.15) is 18.5 Å². The highest BCUT2D eigenvalue weighted by Gasteiger charge is 2.18. The molecule has 9 heteroatoms. The molecule has 140 valence electrons. The van der Waals surface area contributed by atoms with Crippen LogP contribution in [0.3, 0.4) is 0 Å². The van der Waals surface area contributed by atoms with Crippen LogP contribution in [0.25, 0.3) is 0 Å². The second kappa shape index (κ2) is 8.26. The van der Waals surface area contributed by atoms with Crippen LogP contribution in [0.5, 0.6) is 0 Å². The third kappa shape index (κ3) is 4.88. The Labute approximate surface area is 163 Å². The number of hydrogen-bond acceptors (Lipinski definition) is 3. The maximum atomic E-state index is 12.2. The number of anilines is 1. The van der Waals surface area contributed by atoms with Crippen molar-refractivity contribution < 1.29 is 13.2 Å². The first kappa shape index (κ1) is 20.5. The Bertz CT molecular complexity index is 917. The van der Waals surface area contributed by atoms with Crippen LogP contribution in [-0.2, 0) is 10.0 Å². The molecule has 0 fully saturated rings. The Kier molecular flexibility index (Phi) is 6.52. The van der Waals surface area contributed by atoms with E-state index in [0.29, 0.717) is 15.7 Å². The quantitative estimate of drug-likeness (QED) is 0.770. The molecule has 0 saturated carbocycles. The van der Waals surface area contributed by atoms with Crippen molar-refractivity contribution in [3.63, 3.8) is 0 Å². The summed E-state index contributed by atoms with van der Waals surface area (Å²) in [6.45, 7) is 1.80. The fraction of sp³-hybridized carbons (Fsp3) is 0.235. The van der Waals surface area contributed by atoms with Gasteiger partial charge in [-0.05, 0) is 42.8 Å². The minimum Gasteiger partial charge on any atom is -0.331 e. The number of hydrogen-bond donors (Lipinski definition) is 2. The lowest BCUT2D eigenvalue weighted by Gasteiger charge is -2.16. The van der Waals surface area contributed by atoms with Crippen molar-refractivity contribution in [2.45, 2.75) is 17.9 Å². The van der Waals surface area contributed by atoms with Crippen molar-refractivity contribution in [2.24, 2.45) is 0 Å². The van der Waals surface area contributed by atoms with Crippen LogP contribution < -0.4 is 10.6 Å². The molecule has 26 heavy (non-hydrogen) atoms. The number of rotatable bonds is 5. The van der Waals surface area contributed by atoms with Gasteiger partial charge >= 0.3 is 6.03 Å². The van der Waals surface area contributed by atoms with E-state index in [1.165, 1.54) is 26.2 Å². The summed E-state index contributed by atoms with van der Waals surface area (Å²) in [5.41, 5.74) is 1.16. The van der Waals surface area contributed by atoms with Gasteiger partial charge in [0.05, 0.1) is 21.0 Å². The summed E-state index contributed by atoms with van der Waals surface area (Å²) in [5, 5.41) is 6.23. The molecule has 0 radical (unpaired) electrons. The molecular weight excluding hydrogens is 397 g/mol. The molecule has 2 amide bonds. The van der Waals surface area contributed by atoms with E-state index in [1.54, 1.807) is 37.3 Å². The molecule has 1 atom stereocenters. The van der Waals surface area contributed by atoms with Crippen molar-refractivity contribution in [2.75, 3.05) is 19.4 Å². The van der Waals surface area contributed by atoms with Gasteiger partial charge in [-0.2, -0.15) is 0 Å². The van der Waals surface area contributed by atoms with Gasteiger partial charge in [-0.25, -0.2) is 17.5 Å². The topological polar surface area (TPSA) is 78.5 Å². The number of benzene rings is 2. The lowest BCUT2D eigenvalue weighted by Crippen LogP contribution is -2.31. The molecule has 0 spiro atoms. The number of nitrogens with zero attached hydrogens (tertiary/aromatic N) is 1. The Morgan fingerprint density at radius 3 is 2.38 bits per heavy atom. The van der Waals surface area contributed by atoms with Gasteiger partial charge in [0.2, 0.25) is 10.0 Å². The van der Waals surface area contributed by atoms with Crippen LogP contribution in [0.2, 0.25) is 10.0 Å². The molecule has 0 aliphatic rings. The molecule has 0 aliphatic carbocycles. The third-order valence-corrected chi connectivity index (χ3v) is 6.21. The number of carbonyl (C=O) groups excluding carboxylic acids is 1. The molecule has 0 bridgehead atoms. The van der Waals surface area contributed by atoms with Crippen molar-refractivity contribution in [1.82, 2.24) is 9.62 Å². The lowest BCUT2D eigenvalue weighted by molar-refractivity contribution is 0.249. The number of urea groups is 1. The van der Waals surface area contributed by atoms with E-state index in [0.717, 1.165) is 9.87 Å². The summed E-state index contributed by atoms with van der Waals surface area (Å²) in [5.74, 6) is 0. The van der Waals surface area contributed by atoms with Crippen LogP contribution in [0, 0.1) is 0 Å². The number of sulfonamides is 1. The first-order chi connectivity index (χ1) is 12.1. The third-order valence-electron chi connectivity index (χ3n) is 3.66. The van der Waals surface area contributed by atoms with Gasteiger partial charge in [-0.3, -0.25) is 0 Å². The Hall–Kier alpha value is -1.80. The molecule has 0 aromatic heterocycles. The Morgan fingerprint density at radius 2 is 1.77 bits per heavy atom. The molecule has 0 saturated heterocycles. The predicted octanol–water partition coefficient (Wildman–Crippen LogP) is 4.13. The van der Waals surface area contributed by atoms with Gasteiger partial charge in [0.1, 0.15) is 0 Å². The Balaban J connectivity index is 2.09. The summed E-state index contributed by atoms with van der Waals surface area (Å²) in [4.78, 5) is 12.3. The summed E-state index contributed by atoms with van der Waals surface area (Å²) >= 11 is 11.9. The van der Waals surface area contributed by atoms with Crippen LogP contribution in [0.4, 0.5) is 10.5 Å². The molecule has 0 aliphatic heterocycles. The number of carbonyl (C=O) groups is 1. The van der Waals surface area contributed by atoms with E-state index in [-0.39, 0.29) is 10.9 Å². The smallest absolute Gasteiger partial charge is 0.319 e. The minimum atomic E-state index is -3.58. The van der Waals surface area contributed by atoms with Crippen molar-refractivity contribution in [1.29, 1.82) is 0 Å². The highest BCUT2D eigenvalue weighted by Crippen LogP contribution is 2.25. The van der Waals surface area contributed by atoms with Crippen molar-refractivity contribution in [3.8, 4) is 0 Å². The minimum absolute atomic E-state index is 0.0952. The SMILES string of the molecule is CC(NC(=O)Nc1cccc(S(=O)(=O)N(C)C)c1)c1ccc(Cl)c(Cl)c1.